The first-order valence-corrected chi connectivity index (χ1v) is 6.33. The zero-order valence-electron chi connectivity index (χ0n) is 11.1. The van der Waals surface area contributed by atoms with Crippen LogP contribution in [0.2, 0.25) is 0 Å². The molecule has 2 rings (SSSR count). The van der Waals surface area contributed by atoms with Gasteiger partial charge < -0.3 is 15.9 Å². The van der Waals surface area contributed by atoms with Gasteiger partial charge in [-0.05, 0) is 24.0 Å². The molecule has 2 aromatic carbocycles. The molecule has 0 aliphatic carbocycles. The standard InChI is InChI=1S/C16H19NO2.ClH/c17-16(15(18)19,11-13-7-3-1-4-8-13)12-14-9-5-2-6-10-14;/h1-10,15,18-19H,11-12,17H2;1H. The second kappa shape index (κ2) is 7.41. The van der Waals surface area contributed by atoms with Gasteiger partial charge in [0.1, 0.15) is 0 Å². The summed E-state index contributed by atoms with van der Waals surface area (Å²) in [5.41, 5.74) is 7.11. The fraction of sp³-hybridized carbons (Fsp3) is 0.250. The maximum Gasteiger partial charge on any atom is 0.170 e. The Morgan fingerprint density at radius 1 is 0.800 bits per heavy atom. The fourth-order valence-electron chi connectivity index (χ4n) is 2.20. The number of aliphatic hydroxyl groups is 2. The van der Waals surface area contributed by atoms with Crippen LogP contribution in [0.25, 0.3) is 0 Å². The molecule has 2 aromatic rings. The zero-order valence-corrected chi connectivity index (χ0v) is 12.0. The van der Waals surface area contributed by atoms with E-state index < -0.39 is 11.8 Å². The van der Waals surface area contributed by atoms with Gasteiger partial charge in [-0.3, -0.25) is 0 Å². The smallest absolute Gasteiger partial charge is 0.170 e. The van der Waals surface area contributed by atoms with Gasteiger partial charge in [-0.15, -0.1) is 12.4 Å². The molecule has 0 saturated heterocycles. The van der Waals surface area contributed by atoms with Crippen LogP contribution in [-0.2, 0) is 12.8 Å². The SMILES string of the molecule is Cl.NC(Cc1ccccc1)(Cc1ccccc1)C(O)O. The molecule has 0 saturated carbocycles. The summed E-state index contributed by atoms with van der Waals surface area (Å²) < 4.78 is 0. The highest BCUT2D eigenvalue weighted by Crippen LogP contribution is 2.19. The van der Waals surface area contributed by atoms with Crippen molar-refractivity contribution in [1.82, 2.24) is 0 Å². The molecule has 0 aliphatic rings. The van der Waals surface area contributed by atoms with Crippen molar-refractivity contribution in [1.29, 1.82) is 0 Å². The second-order valence-corrected chi connectivity index (χ2v) is 4.93. The van der Waals surface area contributed by atoms with E-state index in [9.17, 15) is 10.2 Å². The number of aliphatic hydroxyl groups excluding tert-OH is 1. The molecular weight excluding hydrogens is 274 g/mol. The van der Waals surface area contributed by atoms with Crippen LogP contribution >= 0.6 is 12.4 Å². The molecule has 4 heteroatoms. The number of nitrogens with two attached hydrogens (primary N) is 1. The van der Waals surface area contributed by atoms with E-state index in [1.807, 2.05) is 60.7 Å². The van der Waals surface area contributed by atoms with Gasteiger partial charge >= 0.3 is 0 Å². The predicted octanol–water partition coefficient (Wildman–Crippen LogP) is 1.90. The van der Waals surface area contributed by atoms with Gasteiger partial charge in [0.25, 0.3) is 0 Å². The molecule has 0 heterocycles. The van der Waals surface area contributed by atoms with E-state index in [0.29, 0.717) is 12.8 Å². The van der Waals surface area contributed by atoms with Gasteiger partial charge in [-0.1, -0.05) is 60.7 Å². The minimum Gasteiger partial charge on any atom is -0.367 e. The van der Waals surface area contributed by atoms with Crippen LogP contribution in [0.15, 0.2) is 60.7 Å². The lowest BCUT2D eigenvalue weighted by molar-refractivity contribution is -0.0961. The molecule has 0 radical (unpaired) electrons. The van der Waals surface area contributed by atoms with E-state index in [1.165, 1.54) is 0 Å². The second-order valence-electron chi connectivity index (χ2n) is 4.93. The largest absolute Gasteiger partial charge is 0.367 e. The predicted molar refractivity (Wildman–Crippen MR) is 82.7 cm³/mol. The zero-order chi connectivity index (χ0) is 13.7. The Morgan fingerprint density at radius 3 is 1.45 bits per heavy atom. The maximum absolute atomic E-state index is 9.62. The molecule has 4 N–H and O–H groups in total. The minimum absolute atomic E-state index is 0. The number of halogens is 1. The highest BCUT2D eigenvalue weighted by molar-refractivity contribution is 5.85. The first kappa shape index (κ1) is 16.7. The number of rotatable bonds is 5. The summed E-state index contributed by atoms with van der Waals surface area (Å²) in [6.07, 6.45) is -0.728. The minimum atomic E-state index is -1.56. The van der Waals surface area contributed by atoms with E-state index >= 15 is 0 Å². The highest BCUT2D eigenvalue weighted by Gasteiger charge is 2.33. The monoisotopic (exact) mass is 293 g/mol. The van der Waals surface area contributed by atoms with E-state index in [0.717, 1.165) is 11.1 Å². The van der Waals surface area contributed by atoms with Gasteiger partial charge in [0.05, 0.1) is 5.54 Å². The van der Waals surface area contributed by atoms with Crippen molar-refractivity contribution in [2.75, 3.05) is 0 Å². The molecule has 0 spiro atoms. The summed E-state index contributed by atoms with van der Waals surface area (Å²) in [5, 5.41) is 19.2. The Morgan fingerprint density at radius 2 is 1.15 bits per heavy atom. The van der Waals surface area contributed by atoms with Crippen LogP contribution in [0.4, 0.5) is 0 Å². The highest BCUT2D eigenvalue weighted by atomic mass is 35.5. The van der Waals surface area contributed by atoms with Crippen molar-refractivity contribution >= 4 is 12.4 Å². The Kier molecular flexibility index (Phi) is 6.17. The first-order chi connectivity index (χ1) is 9.10. The third-order valence-corrected chi connectivity index (χ3v) is 3.27. The van der Waals surface area contributed by atoms with Crippen LogP contribution < -0.4 is 5.73 Å². The summed E-state index contributed by atoms with van der Waals surface area (Å²) in [5.74, 6) is 0. The average molecular weight is 294 g/mol. The van der Waals surface area contributed by atoms with Crippen molar-refractivity contribution in [3.05, 3.63) is 71.8 Å². The number of hydrogen-bond donors (Lipinski definition) is 3. The molecule has 0 aromatic heterocycles. The van der Waals surface area contributed by atoms with E-state index in [4.69, 9.17) is 5.73 Å². The lowest BCUT2D eigenvalue weighted by Crippen LogP contribution is -2.54. The van der Waals surface area contributed by atoms with Gasteiger partial charge in [0.2, 0.25) is 0 Å². The molecular formula is C16H20ClNO2. The molecule has 3 nitrogen and oxygen atoms in total. The van der Waals surface area contributed by atoms with Crippen molar-refractivity contribution in [2.45, 2.75) is 24.7 Å². The summed E-state index contributed by atoms with van der Waals surface area (Å²) in [7, 11) is 0. The molecule has 0 atom stereocenters. The van der Waals surface area contributed by atoms with Crippen LogP contribution in [0.1, 0.15) is 11.1 Å². The average Bonchev–Trinajstić information content (AvgIpc) is 2.40. The van der Waals surface area contributed by atoms with Crippen LogP contribution in [-0.4, -0.2) is 22.0 Å². The van der Waals surface area contributed by atoms with E-state index in [1.54, 1.807) is 0 Å². The molecule has 0 unspecified atom stereocenters. The normalized spacial score (nSPS) is 11.2. The lowest BCUT2D eigenvalue weighted by Gasteiger charge is -2.31. The molecule has 108 valence electrons. The van der Waals surface area contributed by atoms with Gasteiger partial charge in [0.15, 0.2) is 6.29 Å². The molecule has 20 heavy (non-hydrogen) atoms. The summed E-state index contributed by atoms with van der Waals surface area (Å²) >= 11 is 0. The Bertz CT molecular complexity index is 461. The van der Waals surface area contributed by atoms with Gasteiger partial charge in [-0.2, -0.15) is 0 Å². The van der Waals surface area contributed by atoms with Crippen molar-refractivity contribution < 1.29 is 10.2 Å². The van der Waals surface area contributed by atoms with Gasteiger partial charge in [-0.25, -0.2) is 0 Å². The fourth-order valence-corrected chi connectivity index (χ4v) is 2.20. The van der Waals surface area contributed by atoms with Crippen LogP contribution in [0.3, 0.4) is 0 Å². The Hall–Kier alpha value is -1.39. The molecule has 0 bridgehead atoms. The molecule has 0 amide bonds. The van der Waals surface area contributed by atoms with E-state index in [-0.39, 0.29) is 12.4 Å². The Balaban J connectivity index is 0.00000200. The number of benzene rings is 2. The first-order valence-electron chi connectivity index (χ1n) is 6.33. The van der Waals surface area contributed by atoms with Crippen molar-refractivity contribution in [3.63, 3.8) is 0 Å². The third kappa shape index (κ3) is 4.32. The quantitative estimate of drug-likeness (QED) is 0.738. The van der Waals surface area contributed by atoms with Crippen LogP contribution in [0, 0.1) is 0 Å². The van der Waals surface area contributed by atoms with Crippen molar-refractivity contribution in [2.24, 2.45) is 5.73 Å². The topological polar surface area (TPSA) is 66.5 Å². The lowest BCUT2D eigenvalue weighted by atomic mass is 9.85. The van der Waals surface area contributed by atoms with Crippen molar-refractivity contribution in [3.8, 4) is 0 Å². The maximum atomic E-state index is 9.62. The Labute approximate surface area is 125 Å². The summed E-state index contributed by atoms with van der Waals surface area (Å²) in [6.45, 7) is 0. The third-order valence-electron chi connectivity index (χ3n) is 3.27. The van der Waals surface area contributed by atoms with E-state index in [2.05, 4.69) is 0 Å². The molecule has 0 aliphatic heterocycles. The summed E-state index contributed by atoms with van der Waals surface area (Å²) in [6, 6.07) is 19.3. The number of hydrogen-bond acceptors (Lipinski definition) is 3. The molecule has 0 fully saturated rings. The van der Waals surface area contributed by atoms with Gasteiger partial charge in [0, 0.05) is 0 Å². The summed E-state index contributed by atoms with van der Waals surface area (Å²) in [4.78, 5) is 0. The van der Waals surface area contributed by atoms with Crippen LogP contribution in [0.5, 0.6) is 0 Å².